The summed E-state index contributed by atoms with van der Waals surface area (Å²) in [7, 11) is 2.02. The van der Waals surface area contributed by atoms with Crippen LogP contribution >= 0.6 is 15.9 Å². The van der Waals surface area contributed by atoms with Crippen LogP contribution in [0.2, 0.25) is 0 Å². The van der Waals surface area contributed by atoms with Gasteiger partial charge < -0.3 is 9.64 Å². The Morgan fingerprint density at radius 3 is 2.81 bits per heavy atom. The summed E-state index contributed by atoms with van der Waals surface area (Å²) in [5.41, 5.74) is 1.16. The predicted molar refractivity (Wildman–Crippen MR) is 111 cm³/mol. The van der Waals surface area contributed by atoms with Crippen LogP contribution in [-0.2, 0) is 16.0 Å². The number of benzene rings is 1. The van der Waals surface area contributed by atoms with Gasteiger partial charge in [-0.05, 0) is 75.7 Å². The second kappa shape index (κ2) is 8.22. The molecule has 3 aliphatic rings. The van der Waals surface area contributed by atoms with Gasteiger partial charge >= 0.3 is 0 Å². The molecule has 2 heterocycles. The third kappa shape index (κ3) is 4.25. The van der Waals surface area contributed by atoms with Gasteiger partial charge in [0.15, 0.2) is 0 Å². The molecule has 1 spiro atoms. The molecule has 3 fully saturated rings. The molecule has 4 nitrogen and oxygen atoms in total. The van der Waals surface area contributed by atoms with Crippen molar-refractivity contribution >= 4 is 21.8 Å². The number of carbonyl (C=O) groups excluding carboxylic acids is 1. The smallest absolute Gasteiger partial charge is 0.227 e. The SMILES string of the molecule is CN(C(=O)Cc1cccc(Br)c1)[C@H]1CC[C@]2(CCCO2)C[C@@H]1N1CCCC1. The van der Waals surface area contributed by atoms with Crippen LogP contribution in [0.4, 0.5) is 0 Å². The number of halogens is 1. The first-order chi connectivity index (χ1) is 13.1. The van der Waals surface area contributed by atoms with Crippen LogP contribution in [0.3, 0.4) is 0 Å². The number of hydrogen-bond acceptors (Lipinski definition) is 3. The van der Waals surface area contributed by atoms with Gasteiger partial charge in [0.1, 0.15) is 0 Å². The molecule has 27 heavy (non-hydrogen) atoms. The predicted octanol–water partition coefficient (Wildman–Crippen LogP) is 4.02. The van der Waals surface area contributed by atoms with Crippen molar-refractivity contribution < 1.29 is 9.53 Å². The maximum absolute atomic E-state index is 13.1. The fourth-order valence-corrected chi connectivity index (χ4v) is 5.81. The number of rotatable bonds is 4. The van der Waals surface area contributed by atoms with E-state index in [0.717, 1.165) is 35.9 Å². The third-order valence-electron chi connectivity index (χ3n) is 6.85. The monoisotopic (exact) mass is 434 g/mol. The van der Waals surface area contributed by atoms with Gasteiger partial charge in [0.2, 0.25) is 5.91 Å². The largest absolute Gasteiger partial charge is 0.375 e. The molecule has 1 aliphatic carbocycles. The van der Waals surface area contributed by atoms with Crippen LogP contribution in [-0.4, -0.2) is 60.1 Å². The summed E-state index contributed by atoms with van der Waals surface area (Å²) >= 11 is 3.51. The summed E-state index contributed by atoms with van der Waals surface area (Å²) in [5, 5.41) is 0. The van der Waals surface area contributed by atoms with Gasteiger partial charge in [-0.3, -0.25) is 9.69 Å². The lowest BCUT2D eigenvalue weighted by atomic mass is 9.76. The Kier molecular flexibility index (Phi) is 5.91. The van der Waals surface area contributed by atoms with Gasteiger partial charge in [-0.2, -0.15) is 0 Å². The minimum atomic E-state index is 0.0813. The van der Waals surface area contributed by atoms with Crippen molar-refractivity contribution in [1.29, 1.82) is 0 Å². The second-order valence-electron chi connectivity index (χ2n) is 8.57. The third-order valence-corrected chi connectivity index (χ3v) is 7.34. The first kappa shape index (κ1) is 19.4. The zero-order valence-electron chi connectivity index (χ0n) is 16.3. The highest BCUT2D eigenvalue weighted by Crippen LogP contribution is 2.43. The van der Waals surface area contributed by atoms with Crippen LogP contribution in [0.15, 0.2) is 28.7 Å². The average molecular weight is 435 g/mol. The van der Waals surface area contributed by atoms with E-state index >= 15 is 0 Å². The number of likely N-dealkylation sites (N-methyl/N-ethyl adjacent to an activating group) is 1. The summed E-state index contributed by atoms with van der Waals surface area (Å²) in [4.78, 5) is 17.7. The summed E-state index contributed by atoms with van der Waals surface area (Å²) in [6.45, 7) is 3.25. The lowest BCUT2D eigenvalue weighted by Gasteiger charge is -2.48. The molecule has 0 radical (unpaired) electrons. The molecule has 5 heteroatoms. The first-order valence-electron chi connectivity index (χ1n) is 10.4. The Morgan fingerprint density at radius 1 is 1.30 bits per heavy atom. The zero-order chi connectivity index (χ0) is 18.9. The lowest BCUT2D eigenvalue weighted by Crippen LogP contribution is -2.58. The maximum Gasteiger partial charge on any atom is 0.227 e. The van der Waals surface area contributed by atoms with E-state index < -0.39 is 0 Å². The highest BCUT2D eigenvalue weighted by molar-refractivity contribution is 9.10. The van der Waals surface area contributed by atoms with Crippen LogP contribution < -0.4 is 0 Å². The second-order valence-corrected chi connectivity index (χ2v) is 9.48. The van der Waals surface area contributed by atoms with Crippen molar-refractivity contribution in [2.75, 3.05) is 26.7 Å². The van der Waals surface area contributed by atoms with E-state index in [9.17, 15) is 4.79 Å². The van der Waals surface area contributed by atoms with Gasteiger partial charge in [0.25, 0.3) is 0 Å². The fraction of sp³-hybridized carbons (Fsp3) is 0.682. The standard InChI is InChI=1S/C22H31BrN2O2/c1-24(21(26)15-17-6-4-7-18(23)14-17)19-8-10-22(9-5-13-27-22)16-20(19)25-11-2-3-12-25/h4,6-7,14,19-20H,2-3,5,8-13,15-16H2,1H3/t19-,20-,22+/m0/s1. The fourth-order valence-electron chi connectivity index (χ4n) is 5.36. The molecule has 1 amide bonds. The van der Waals surface area contributed by atoms with Crippen molar-refractivity contribution in [2.24, 2.45) is 0 Å². The molecular formula is C22H31BrN2O2. The Labute approximate surface area is 171 Å². The molecule has 1 aromatic carbocycles. The minimum absolute atomic E-state index is 0.0813. The van der Waals surface area contributed by atoms with Gasteiger partial charge in [-0.1, -0.05) is 28.1 Å². The van der Waals surface area contributed by atoms with Gasteiger partial charge in [-0.25, -0.2) is 0 Å². The molecule has 3 atom stereocenters. The molecule has 0 aromatic heterocycles. The van der Waals surface area contributed by atoms with E-state index in [1.165, 1.54) is 38.8 Å². The first-order valence-corrected chi connectivity index (χ1v) is 11.2. The topological polar surface area (TPSA) is 32.8 Å². The molecule has 2 aliphatic heterocycles. The van der Waals surface area contributed by atoms with Crippen molar-refractivity contribution in [3.63, 3.8) is 0 Å². The van der Waals surface area contributed by atoms with Crippen LogP contribution in [0.25, 0.3) is 0 Å². The zero-order valence-corrected chi connectivity index (χ0v) is 17.9. The minimum Gasteiger partial charge on any atom is -0.375 e. The highest BCUT2D eigenvalue weighted by atomic mass is 79.9. The Morgan fingerprint density at radius 2 is 2.11 bits per heavy atom. The van der Waals surface area contributed by atoms with E-state index in [4.69, 9.17) is 4.74 Å². The molecule has 1 saturated carbocycles. The summed E-state index contributed by atoms with van der Waals surface area (Å²) in [6.07, 6.45) is 8.67. The summed E-state index contributed by atoms with van der Waals surface area (Å²) in [5.74, 6) is 0.227. The van der Waals surface area contributed by atoms with Gasteiger partial charge in [0, 0.05) is 30.2 Å². The Balaban J connectivity index is 1.48. The number of carbonyl (C=O) groups is 1. The Hall–Kier alpha value is -0.910. The Bertz CT molecular complexity index is 668. The molecule has 2 saturated heterocycles. The van der Waals surface area contributed by atoms with E-state index in [2.05, 4.69) is 20.8 Å². The molecule has 0 bridgehead atoms. The number of nitrogens with zero attached hydrogens (tertiary/aromatic N) is 2. The molecule has 0 N–H and O–H groups in total. The molecule has 148 valence electrons. The van der Waals surface area contributed by atoms with E-state index in [-0.39, 0.29) is 11.5 Å². The quantitative estimate of drug-likeness (QED) is 0.717. The van der Waals surface area contributed by atoms with E-state index in [1.54, 1.807) is 0 Å². The number of amides is 1. The number of hydrogen-bond donors (Lipinski definition) is 0. The van der Waals surface area contributed by atoms with Crippen LogP contribution in [0.1, 0.15) is 50.5 Å². The maximum atomic E-state index is 13.1. The van der Waals surface area contributed by atoms with E-state index in [1.807, 2.05) is 36.2 Å². The summed E-state index contributed by atoms with van der Waals surface area (Å²) in [6, 6.07) is 8.83. The van der Waals surface area contributed by atoms with Crippen molar-refractivity contribution in [1.82, 2.24) is 9.80 Å². The van der Waals surface area contributed by atoms with Crippen molar-refractivity contribution in [3.05, 3.63) is 34.3 Å². The lowest BCUT2D eigenvalue weighted by molar-refractivity contribution is -0.136. The van der Waals surface area contributed by atoms with Crippen molar-refractivity contribution in [2.45, 2.75) is 69.1 Å². The number of likely N-dealkylation sites (tertiary alicyclic amines) is 1. The highest BCUT2D eigenvalue weighted by Gasteiger charge is 2.47. The molecule has 4 rings (SSSR count). The van der Waals surface area contributed by atoms with E-state index in [0.29, 0.717) is 18.5 Å². The van der Waals surface area contributed by atoms with Gasteiger partial charge in [-0.15, -0.1) is 0 Å². The summed E-state index contributed by atoms with van der Waals surface area (Å²) < 4.78 is 7.26. The van der Waals surface area contributed by atoms with Crippen LogP contribution in [0.5, 0.6) is 0 Å². The van der Waals surface area contributed by atoms with Crippen molar-refractivity contribution in [3.8, 4) is 0 Å². The number of ether oxygens (including phenoxy) is 1. The van der Waals surface area contributed by atoms with Crippen LogP contribution in [0, 0.1) is 0 Å². The molecular weight excluding hydrogens is 404 g/mol. The normalized spacial score (nSPS) is 31.5. The molecule has 1 aromatic rings. The molecule has 0 unspecified atom stereocenters. The van der Waals surface area contributed by atoms with Gasteiger partial charge in [0.05, 0.1) is 12.0 Å². The average Bonchev–Trinajstić information content (AvgIpc) is 3.34.